The van der Waals surface area contributed by atoms with Crippen LogP contribution in [0.2, 0.25) is 0 Å². The lowest BCUT2D eigenvalue weighted by Crippen LogP contribution is -2.15. The lowest BCUT2D eigenvalue weighted by atomic mass is 10.1. The van der Waals surface area contributed by atoms with Crippen molar-refractivity contribution in [2.45, 2.75) is 6.92 Å². The number of esters is 1. The molecule has 0 amide bonds. The van der Waals surface area contributed by atoms with E-state index in [1.807, 2.05) is 0 Å². The SMILES string of the molecule is Cc1ccc(-c2cnnn2-c2ccc(C(=O)COC(=O)c3ccccc3F)cc2)cc1[N+](=O)[O-]. The molecule has 0 radical (unpaired) electrons. The lowest BCUT2D eigenvalue weighted by Gasteiger charge is -2.09. The maximum atomic E-state index is 13.7. The molecule has 0 aliphatic rings. The Bertz CT molecular complexity index is 1400. The molecule has 1 aromatic heterocycles. The van der Waals surface area contributed by atoms with Crippen molar-refractivity contribution < 1.29 is 23.6 Å². The highest BCUT2D eigenvalue weighted by Crippen LogP contribution is 2.27. The molecule has 34 heavy (non-hydrogen) atoms. The largest absolute Gasteiger partial charge is 0.454 e. The fraction of sp³-hybridized carbons (Fsp3) is 0.0833. The maximum Gasteiger partial charge on any atom is 0.341 e. The highest BCUT2D eigenvalue weighted by Gasteiger charge is 2.17. The summed E-state index contributed by atoms with van der Waals surface area (Å²) < 4.78 is 20.1. The van der Waals surface area contributed by atoms with Gasteiger partial charge in [-0.3, -0.25) is 14.9 Å². The van der Waals surface area contributed by atoms with E-state index in [-0.39, 0.29) is 16.8 Å². The molecule has 0 fully saturated rings. The summed E-state index contributed by atoms with van der Waals surface area (Å²) in [6.45, 7) is 1.11. The van der Waals surface area contributed by atoms with Crippen molar-refractivity contribution in [3.8, 4) is 16.9 Å². The number of hydrogen-bond acceptors (Lipinski definition) is 7. The fourth-order valence-electron chi connectivity index (χ4n) is 3.30. The van der Waals surface area contributed by atoms with Gasteiger partial charge in [0.05, 0.1) is 28.1 Å². The number of Topliss-reactive ketones (excluding diaryl/α,β-unsaturated/α-hetero) is 1. The molecule has 170 valence electrons. The molecule has 0 saturated heterocycles. The third kappa shape index (κ3) is 4.56. The Hall–Kier alpha value is -4.73. The summed E-state index contributed by atoms with van der Waals surface area (Å²) in [4.78, 5) is 35.2. The Morgan fingerprint density at radius 1 is 1.09 bits per heavy atom. The summed E-state index contributed by atoms with van der Waals surface area (Å²) in [7, 11) is 0. The van der Waals surface area contributed by atoms with Crippen molar-refractivity contribution in [1.82, 2.24) is 15.0 Å². The zero-order valence-corrected chi connectivity index (χ0v) is 17.8. The number of aromatic nitrogens is 3. The van der Waals surface area contributed by atoms with E-state index in [2.05, 4.69) is 10.3 Å². The van der Waals surface area contributed by atoms with Crippen LogP contribution in [0, 0.1) is 22.9 Å². The molecule has 0 bridgehead atoms. The Morgan fingerprint density at radius 2 is 1.82 bits per heavy atom. The molecule has 4 rings (SSSR count). The zero-order chi connectivity index (χ0) is 24.2. The normalized spacial score (nSPS) is 10.6. The summed E-state index contributed by atoms with van der Waals surface area (Å²) in [5.74, 6) is -2.13. The van der Waals surface area contributed by atoms with Crippen molar-refractivity contribution in [1.29, 1.82) is 0 Å². The molecule has 0 spiro atoms. The first-order chi connectivity index (χ1) is 16.3. The smallest absolute Gasteiger partial charge is 0.341 e. The lowest BCUT2D eigenvalue weighted by molar-refractivity contribution is -0.385. The van der Waals surface area contributed by atoms with Crippen molar-refractivity contribution >= 4 is 17.4 Å². The van der Waals surface area contributed by atoms with E-state index in [0.29, 0.717) is 22.5 Å². The molecule has 0 aliphatic heterocycles. The van der Waals surface area contributed by atoms with Gasteiger partial charge < -0.3 is 4.74 Å². The first-order valence-corrected chi connectivity index (χ1v) is 10.1. The molecule has 3 aromatic carbocycles. The zero-order valence-electron chi connectivity index (χ0n) is 17.8. The van der Waals surface area contributed by atoms with Gasteiger partial charge in [0.1, 0.15) is 5.82 Å². The van der Waals surface area contributed by atoms with Crippen molar-refractivity contribution in [3.05, 3.63) is 106 Å². The van der Waals surface area contributed by atoms with Gasteiger partial charge >= 0.3 is 5.97 Å². The molecule has 0 saturated carbocycles. The number of hydrogen-bond donors (Lipinski definition) is 0. The van der Waals surface area contributed by atoms with Crippen LogP contribution in [0.15, 0.2) is 72.9 Å². The van der Waals surface area contributed by atoms with E-state index < -0.39 is 29.1 Å². The van der Waals surface area contributed by atoms with E-state index in [0.717, 1.165) is 6.07 Å². The molecule has 0 atom stereocenters. The van der Waals surface area contributed by atoms with Gasteiger partial charge in [-0.25, -0.2) is 13.9 Å². The molecule has 9 nitrogen and oxygen atoms in total. The van der Waals surface area contributed by atoms with E-state index in [9.17, 15) is 24.1 Å². The molecule has 10 heteroatoms. The van der Waals surface area contributed by atoms with E-state index in [1.54, 1.807) is 31.2 Å². The van der Waals surface area contributed by atoms with Crippen LogP contribution < -0.4 is 0 Å². The topological polar surface area (TPSA) is 117 Å². The molecule has 0 aliphatic carbocycles. The Balaban J connectivity index is 1.50. The number of nitro benzene ring substituents is 1. The average molecular weight is 460 g/mol. The van der Waals surface area contributed by atoms with E-state index in [1.165, 1.54) is 47.3 Å². The minimum Gasteiger partial charge on any atom is -0.454 e. The second kappa shape index (κ2) is 9.41. The second-order valence-electron chi connectivity index (χ2n) is 7.32. The predicted molar refractivity (Wildman–Crippen MR) is 119 cm³/mol. The monoisotopic (exact) mass is 460 g/mol. The number of ether oxygens (including phenoxy) is 1. The molecule has 0 N–H and O–H groups in total. The van der Waals surface area contributed by atoms with Gasteiger partial charge in [0, 0.05) is 22.8 Å². The minimum atomic E-state index is -0.928. The number of carbonyl (C=O) groups excluding carboxylic acids is 2. The fourth-order valence-corrected chi connectivity index (χ4v) is 3.30. The van der Waals surface area contributed by atoms with Gasteiger partial charge in [0.25, 0.3) is 5.69 Å². The summed E-state index contributed by atoms with van der Waals surface area (Å²) >= 11 is 0. The van der Waals surface area contributed by atoms with Crippen LogP contribution in [-0.2, 0) is 4.74 Å². The highest BCUT2D eigenvalue weighted by atomic mass is 19.1. The summed E-state index contributed by atoms with van der Waals surface area (Å²) in [6.07, 6.45) is 1.48. The first kappa shape index (κ1) is 22.5. The van der Waals surface area contributed by atoms with Gasteiger partial charge in [-0.1, -0.05) is 29.5 Å². The number of rotatable bonds is 7. The minimum absolute atomic E-state index is 0.0175. The van der Waals surface area contributed by atoms with Crippen LogP contribution in [0.4, 0.5) is 10.1 Å². The second-order valence-corrected chi connectivity index (χ2v) is 7.32. The van der Waals surface area contributed by atoms with Gasteiger partial charge in [-0.2, -0.15) is 0 Å². The molecule has 0 unspecified atom stereocenters. The number of carbonyl (C=O) groups is 2. The van der Waals surface area contributed by atoms with Crippen LogP contribution >= 0.6 is 0 Å². The van der Waals surface area contributed by atoms with Crippen molar-refractivity contribution in [3.63, 3.8) is 0 Å². The van der Waals surface area contributed by atoms with Crippen LogP contribution in [0.5, 0.6) is 0 Å². The van der Waals surface area contributed by atoms with Crippen LogP contribution in [0.25, 0.3) is 16.9 Å². The predicted octanol–water partition coefficient (Wildman–Crippen LogP) is 4.33. The first-order valence-electron chi connectivity index (χ1n) is 10.1. The van der Waals surface area contributed by atoms with Crippen LogP contribution in [0.3, 0.4) is 0 Å². The average Bonchev–Trinajstić information content (AvgIpc) is 3.33. The Labute approximate surface area is 192 Å². The van der Waals surface area contributed by atoms with Crippen molar-refractivity contribution in [2.75, 3.05) is 6.61 Å². The van der Waals surface area contributed by atoms with E-state index >= 15 is 0 Å². The number of halogens is 1. The Kier molecular flexibility index (Phi) is 6.22. The highest BCUT2D eigenvalue weighted by molar-refractivity contribution is 5.99. The quantitative estimate of drug-likeness (QED) is 0.174. The van der Waals surface area contributed by atoms with Gasteiger partial charge in [-0.15, -0.1) is 5.10 Å². The number of nitrogens with zero attached hydrogens (tertiary/aromatic N) is 4. The van der Waals surface area contributed by atoms with Gasteiger partial charge in [0.15, 0.2) is 12.4 Å². The van der Waals surface area contributed by atoms with Crippen molar-refractivity contribution in [2.24, 2.45) is 0 Å². The van der Waals surface area contributed by atoms with Gasteiger partial charge in [-0.05, 0) is 43.3 Å². The summed E-state index contributed by atoms with van der Waals surface area (Å²) in [6, 6.07) is 16.5. The van der Waals surface area contributed by atoms with Gasteiger partial charge in [0.2, 0.25) is 0 Å². The van der Waals surface area contributed by atoms with Crippen LogP contribution in [-0.4, -0.2) is 38.3 Å². The standard InChI is InChI=1S/C24H17FN4O5/c1-15-6-7-17(12-21(15)29(32)33)22-13-26-27-28(22)18-10-8-16(9-11-18)23(30)14-34-24(31)19-4-2-3-5-20(19)25/h2-13H,14H2,1H3. The molecular formula is C24H17FN4O5. The molecular weight excluding hydrogens is 443 g/mol. The number of ketones is 1. The Morgan fingerprint density at radius 3 is 2.53 bits per heavy atom. The summed E-state index contributed by atoms with van der Waals surface area (Å²) in [5.41, 5.74) is 2.19. The number of nitro groups is 1. The maximum absolute atomic E-state index is 13.7. The van der Waals surface area contributed by atoms with E-state index in [4.69, 9.17) is 4.74 Å². The third-order valence-electron chi connectivity index (χ3n) is 5.11. The van der Waals surface area contributed by atoms with Crippen LogP contribution in [0.1, 0.15) is 26.3 Å². The molecule has 4 aromatic rings. The molecule has 1 heterocycles. The number of benzene rings is 3. The third-order valence-corrected chi connectivity index (χ3v) is 5.11. The number of aryl methyl sites for hydroxylation is 1. The summed E-state index contributed by atoms with van der Waals surface area (Å²) in [5, 5.41) is 19.2.